The van der Waals surface area contributed by atoms with E-state index in [1.165, 1.54) is 19.9 Å². The second-order valence-electron chi connectivity index (χ2n) is 2.72. The molecule has 2 heteroatoms. The molecule has 2 aromatic heterocycles. The number of fused-ring (bicyclic) bond motifs is 1. The third-order valence-electron chi connectivity index (χ3n) is 1.91. The first kappa shape index (κ1) is 8.02. The fourth-order valence-corrected chi connectivity index (χ4v) is 3.26. The molecule has 2 aromatic rings. The van der Waals surface area contributed by atoms with Gasteiger partial charge in [-0.25, -0.2) is 0 Å². The van der Waals surface area contributed by atoms with Gasteiger partial charge in [0, 0.05) is 14.3 Å². The third kappa shape index (κ3) is 1.21. The van der Waals surface area contributed by atoms with E-state index in [1.807, 2.05) is 11.3 Å². The van der Waals surface area contributed by atoms with Crippen molar-refractivity contribution in [1.29, 1.82) is 0 Å². The van der Waals surface area contributed by atoms with Gasteiger partial charge in [-0.05, 0) is 29.5 Å². The highest BCUT2D eigenvalue weighted by Gasteiger charge is 2.03. The Balaban J connectivity index is 2.51. The van der Waals surface area contributed by atoms with E-state index in [1.54, 1.807) is 11.3 Å². The summed E-state index contributed by atoms with van der Waals surface area (Å²) in [7, 11) is 0. The maximum Gasteiger partial charge on any atom is 0.0457 e. The molecule has 0 bridgehead atoms. The van der Waals surface area contributed by atoms with Crippen LogP contribution in [0.3, 0.4) is 0 Å². The number of thiophene rings is 2. The molecule has 12 heavy (non-hydrogen) atoms. The summed E-state index contributed by atoms with van der Waals surface area (Å²) < 4.78 is 2.79. The van der Waals surface area contributed by atoms with Crippen LogP contribution in [0.25, 0.3) is 15.0 Å². The Bertz CT molecular complexity index is 378. The predicted octanol–water partition coefficient (Wildman–Crippen LogP) is 4.39. The first-order valence-corrected chi connectivity index (χ1v) is 5.66. The lowest BCUT2D eigenvalue weighted by Gasteiger charge is -1.94. The Morgan fingerprint density at radius 2 is 2.33 bits per heavy atom. The van der Waals surface area contributed by atoms with Gasteiger partial charge in [0.25, 0.3) is 0 Å². The maximum atomic E-state index is 4.03. The van der Waals surface area contributed by atoms with Crippen molar-refractivity contribution in [3.05, 3.63) is 29.0 Å². The molecule has 0 saturated carbocycles. The summed E-state index contributed by atoms with van der Waals surface area (Å²) in [6, 6.07) is 4.42. The molecule has 0 amide bonds. The highest BCUT2D eigenvalue weighted by molar-refractivity contribution is 7.27. The molecule has 62 valence electrons. The van der Waals surface area contributed by atoms with Crippen molar-refractivity contribution in [3.8, 4) is 0 Å². The molecule has 2 heterocycles. The molecular formula is C10H10S2. The van der Waals surface area contributed by atoms with Gasteiger partial charge >= 0.3 is 0 Å². The van der Waals surface area contributed by atoms with E-state index in [2.05, 4.69) is 31.0 Å². The number of allylic oxidation sites excluding steroid dienone is 1. The first-order chi connectivity index (χ1) is 5.81. The van der Waals surface area contributed by atoms with Crippen LogP contribution in [-0.2, 0) is 0 Å². The number of hydrogen-bond acceptors (Lipinski definition) is 2. The highest BCUT2D eigenvalue weighted by Crippen LogP contribution is 2.33. The van der Waals surface area contributed by atoms with Crippen LogP contribution in [0.15, 0.2) is 24.1 Å². The van der Waals surface area contributed by atoms with E-state index in [0.717, 1.165) is 6.42 Å². The normalized spacial score (nSPS) is 10.8. The van der Waals surface area contributed by atoms with Crippen LogP contribution in [0, 0.1) is 0 Å². The van der Waals surface area contributed by atoms with Crippen molar-refractivity contribution in [2.45, 2.75) is 13.3 Å². The lowest BCUT2D eigenvalue weighted by atomic mass is 10.2. The molecule has 0 spiro atoms. The summed E-state index contributed by atoms with van der Waals surface area (Å²) >= 11 is 3.65. The second kappa shape index (κ2) is 3.04. The van der Waals surface area contributed by atoms with Gasteiger partial charge in [0.05, 0.1) is 0 Å². The Morgan fingerprint density at radius 3 is 3.00 bits per heavy atom. The topological polar surface area (TPSA) is 0 Å². The molecule has 0 aliphatic heterocycles. The minimum absolute atomic E-state index is 1.05. The summed E-state index contributed by atoms with van der Waals surface area (Å²) in [6.45, 7) is 6.18. The summed E-state index contributed by atoms with van der Waals surface area (Å²) in [5, 5.41) is 2.14. The lowest BCUT2D eigenvalue weighted by molar-refractivity contribution is 1.26. The number of hydrogen-bond donors (Lipinski definition) is 0. The fraction of sp³-hybridized carbons (Fsp3) is 0.200. The van der Waals surface area contributed by atoms with Crippen molar-refractivity contribution in [2.75, 3.05) is 0 Å². The van der Waals surface area contributed by atoms with Gasteiger partial charge in [-0.1, -0.05) is 13.5 Å². The molecule has 0 radical (unpaired) electrons. The highest BCUT2D eigenvalue weighted by atomic mass is 32.1. The van der Waals surface area contributed by atoms with Crippen molar-refractivity contribution in [3.63, 3.8) is 0 Å². The van der Waals surface area contributed by atoms with Gasteiger partial charge in [-0.15, -0.1) is 22.7 Å². The summed E-state index contributed by atoms with van der Waals surface area (Å²) in [4.78, 5) is 1.35. The Hall–Kier alpha value is -0.600. The zero-order chi connectivity index (χ0) is 8.55. The van der Waals surface area contributed by atoms with Crippen LogP contribution in [-0.4, -0.2) is 0 Å². The molecule has 0 N–H and O–H groups in total. The molecular weight excluding hydrogens is 184 g/mol. The van der Waals surface area contributed by atoms with E-state index in [4.69, 9.17) is 0 Å². The van der Waals surface area contributed by atoms with Crippen LogP contribution >= 0.6 is 22.7 Å². The molecule has 0 nitrogen and oxygen atoms in total. The van der Waals surface area contributed by atoms with Gasteiger partial charge < -0.3 is 0 Å². The van der Waals surface area contributed by atoms with Crippen LogP contribution in [0.4, 0.5) is 0 Å². The van der Waals surface area contributed by atoms with E-state index >= 15 is 0 Å². The fourth-order valence-electron chi connectivity index (χ4n) is 1.11. The van der Waals surface area contributed by atoms with Gasteiger partial charge in [-0.2, -0.15) is 0 Å². The van der Waals surface area contributed by atoms with Gasteiger partial charge in [0.15, 0.2) is 0 Å². The monoisotopic (exact) mass is 194 g/mol. The average Bonchev–Trinajstić information content (AvgIpc) is 2.60. The predicted molar refractivity (Wildman–Crippen MR) is 59.0 cm³/mol. The Kier molecular flexibility index (Phi) is 2.03. The van der Waals surface area contributed by atoms with Crippen molar-refractivity contribution >= 4 is 37.6 Å². The minimum atomic E-state index is 1.05. The maximum absolute atomic E-state index is 4.03. The quantitative estimate of drug-likeness (QED) is 0.665. The van der Waals surface area contributed by atoms with Gasteiger partial charge in [0.1, 0.15) is 0 Å². The molecule has 0 aliphatic rings. The Labute approximate surface area is 80.2 Å². The number of rotatable bonds is 2. The van der Waals surface area contributed by atoms with Crippen LogP contribution < -0.4 is 0 Å². The van der Waals surface area contributed by atoms with Crippen LogP contribution in [0.5, 0.6) is 0 Å². The largest absolute Gasteiger partial charge is 0.143 e. The molecule has 2 rings (SSSR count). The van der Waals surface area contributed by atoms with Crippen LogP contribution in [0.2, 0.25) is 0 Å². The lowest BCUT2D eigenvalue weighted by Crippen LogP contribution is -1.70. The zero-order valence-electron chi connectivity index (χ0n) is 6.96. The van der Waals surface area contributed by atoms with E-state index in [0.29, 0.717) is 0 Å². The Morgan fingerprint density at radius 1 is 1.50 bits per heavy atom. The second-order valence-corrected chi connectivity index (χ2v) is 4.75. The summed E-state index contributed by atoms with van der Waals surface area (Å²) in [5.74, 6) is 0. The smallest absolute Gasteiger partial charge is 0.0457 e. The molecule has 0 saturated heterocycles. The third-order valence-corrected chi connectivity index (χ3v) is 4.11. The van der Waals surface area contributed by atoms with Gasteiger partial charge in [-0.3, -0.25) is 0 Å². The molecule has 0 atom stereocenters. The standard InChI is InChI=1S/C10H10S2/c1-3-7(2)9-6-10-8(12-9)4-5-11-10/h4-6H,2-3H2,1H3. The molecule has 0 fully saturated rings. The molecule has 0 aliphatic carbocycles. The first-order valence-electron chi connectivity index (χ1n) is 3.96. The molecule has 0 aromatic carbocycles. The summed E-state index contributed by atoms with van der Waals surface area (Å²) in [5.41, 5.74) is 1.25. The van der Waals surface area contributed by atoms with Crippen molar-refractivity contribution in [1.82, 2.24) is 0 Å². The van der Waals surface area contributed by atoms with Crippen molar-refractivity contribution < 1.29 is 0 Å². The van der Waals surface area contributed by atoms with E-state index in [-0.39, 0.29) is 0 Å². The van der Waals surface area contributed by atoms with E-state index in [9.17, 15) is 0 Å². The summed E-state index contributed by atoms with van der Waals surface area (Å²) in [6.07, 6.45) is 1.05. The van der Waals surface area contributed by atoms with Crippen LogP contribution in [0.1, 0.15) is 18.2 Å². The van der Waals surface area contributed by atoms with Crippen molar-refractivity contribution in [2.24, 2.45) is 0 Å². The van der Waals surface area contributed by atoms with E-state index < -0.39 is 0 Å². The minimum Gasteiger partial charge on any atom is -0.143 e. The zero-order valence-corrected chi connectivity index (χ0v) is 8.60. The average molecular weight is 194 g/mol. The SMILES string of the molecule is C=C(CC)c1cc2sccc2s1. The molecule has 0 unspecified atom stereocenters. The van der Waals surface area contributed by atoms with Gasteiger partial charge in [0.2, 0.25) is 0 Å².